The van der Waals surface area contributed by atoms with E-state index in [4.69, 9.17) is 9.47 Å². The zero-order valence-corrected chi connectivity index (χ0v) is 18.9. The van der Waals surface area contributed by atoms with Gasteiger partial charge in [0.15, 0.2) is 5.96 Å². The van der Waals surface area contributed by atoms with Crippen LogP contribution in [0.1, 0.15) is 19.0 Å². The van der Waals surface area contributed by atoms with E-state index in [-0.39, 0.29) is 24.0 Å². The first kappa shape index (κ1) is 22.1. The van der Waals surface area contributed by atoms with Crippen molar-refractivity contribution in [2.75, 3.05) is 38.8 Å². The number of halogens is 1. The molecule has 0 spiro atoms. The van der Waals surface area contributed by atoms with Gasteiger partial charge in [0.05, 0.1) is 26.5 Å². The van der Waals surface area contributed by atoms with Crippen molar-refractivity contribution in [3.63, 3.8) is 0 Å². The van der Waals surface area contributed by atoms with Gasteiger partial charge in [0.25, 0.3) is 0 Å². The maximum absolute atomic E-state index is 5.39. The van der Waals surface area contributed by atoms with Gasteiger partial charge < -0.3 is 25.0 Å². The summed E-state index contributed by atoms with van der Waals surface area (Å²) in [7, 11) is 3.34. The summed E-state index contributed by atoms with van der Waals surface area (Å²) in [6.45, 7) is 5.31. The van der Waals surface area contributed by atoms with Crippen molar-refractivity contribution >= 4 is 35.6 Å². The van der Waals surface area contributed by atoms with E-state index in [2.05, 4.69) is 37.6 Å². The molecule has 1 aromatic heterocycles. The van der Waals surface area contributed by atoms with Crippen LogP contribution < -0.4 is 25.0 Å². The molecule has 0 aliphatic carbocycles. The predicted molar refractivity (Wildman–Crippen MR) is 122 cm³/mol. The number of nitrogens with zero attached hydrogens (tertiary/aromatic N) is 3. The Hall–Kier alpha value is -2.17. The van der Waals surface area contributed by atoms with Crippen LogP contribution in [0, 0.1) is 0 Å². The van der Waals surface area contributed by atoms with E-state index in [1.165, 1.54) is 0 Å². The summed E-state index contributed by atoms with van der Waals surface area (Å²) in [5.74, 6) is 2.42. The minimum atomic E-state index is 0. The second kappa shape index (κ2) is 11.0. The fraction of sp³-hybridized carbons (Fsp3) is 0.474. The monoisotopic (exact) mass is 500 g/mol. The average Bonchev–Trinajstić information content (AvgIpc) is 3.38. The van der Waals surface area contributed by atoms with Gasteiger partial charge in [-0.15, -0.1) is 24.0 Å². The zero-order chi connectivity index (χ0) is 19.1. The van der Waals surface area contributed by atoms with Gasteiger partial charge in [0.2, 0.25) is 0 Å². The van der Waals surface area contributed by atoms with E-state index in [0.29, 0.717) is 12.6 Å². The molecule has 2 aromatic rings. The summed E-state index contributed by atoms with van der Waals surface area (Å²) in [4.78, 5) is 6.97. The molecule has 9 heteroatoms. The highest BCUT2D eigenvalue weighted by Gasteiger charge is 2.24. The molecule has 28 heavy (non-hydrogen) atoms. The van der Waals surface area contributed by atoms with E-state index in [0.717, 1.165) is 54.9 Å². The number of methoxy groups -OCH3 is 2. The number of rotatable bonds is 7. The standard InChI is InChI=1S/C19H28N6O2.HI/c1-4-20-19(21-12-14-5-7-22-24-14)23-15-6-8-25(13-15)16-9-17(26-2)11-18(10-16)27-3;/h5,7,9-11,15H,4,6,8,12-13H2,1-3H3,(H,22,24)(H2,20,21,23);1H. The van der Waals surface area contributed by atoms with Crippen molar-refractivity contribution in [3.05, 3.63) is 36.2 Å². The van der Waals surface area contributed by atoms with E-state index >= 15 is 0 Å². The molecule has 8 nitrogen and oxygen atoms in total. The molecular weight excluding hydrogens is 471 g/mol. The molecule has 1 aromatic carbocycles. The predicted octanol–water partition coefficient (Wildman–Crippen LogP) is 2.38. The zero-order valence-electron chi connectivity index (χ0n) is 16.6. The van der Waals surface area contributed by atoms with E-state index in [1.807, 2.05) is 24.3 Å². The SMILES string of the molecule is CCNC(=NCc1ccn[nH]1)NC1CCN(c2cc(OC)cc(OC)c2)C1.I. The molecule has 1 saturated heterocycles. The maximum atomic E-state index is 5.39. The van der Waals surface area contributed by atoms with Crippen LogP contribution in [0.25, 0.3) is 0 Å². The molecule has 0 amide bonds. The van der Waals surface area contributed by atoms with Crippen molar-refractivity contribution in [2.45, 2.75) is 25.9 Å². The van der Waals surface area contributed by atoms with Gasteiger partial charge in [-0.25, -0.2) is 4.99 Å². The molecule has 1 atom stereocenters. The van der Waals surface area contributed by atoms with Gasteiger partial charge in [-0.3, -0.25) is 5.10 Å². The molecule has 3 rings (SSSR count). The lowest BCUT2D eigenvalue weighted by atomic mass is 10.2. The number of hydrogen-bond acceptors (Lipinski definition) is 5. The minimum Gasteiger partial charge on any atom is -0.497 e. The number of aliphatic imine (C=N–C) groups is 1. The first-order chi connectivity index (χ1) is 13.2. The number of aromatic amines is 1. The number of nitrogens with one attached hydrogen (secondary N) is 3. The Morgan fingerprint density at radius 1 is 1.29 bits per heavy atom. The summed E-state index contributed by atoms with van der Waals surface area (Å²) in [5.41, 5.74) is 2.10. The smallest absolute Gasteiger partial charge is 0.191 e. The van der Waals surface area contributed by atoms with Crippen LogP contribution in [-0.2, 0) is 6.54 Å². The van der Waals surface area contributed by atoms with Gasteiger partial charge in [-0.05, 0) is 19.4 Å². The molecule has 1 aliphatic heterocycles. The van der Waals surface area contributed by atoms with Crippen LogP contribution in [0.3, 0.4) is 0 Å². The Balaban J connectivity index is 0.00000280. The van der Waals surface area contributed by atoms with Crippen LogP contribution in [-0.4, -0.2) is 56.1 Å². The third-order valence-electron chi connectivity index (χ3n) is 4.54. The molecule has 0 radical (unpaired) electrons. The molecule has 0 bridgehead atoms. The molecule has 1 fully saturated rings. The third kappa shape index (κ3) is 5.91. The molecule has 1 aliphatic rings. The lowest BCUT2D eigenvalue weighted by Gasteiger charge is -2.21. The summed E-state index contributed by atoms with van der Waals surface area (Å²) in [6, 6.07) is 8.23. The Kier molecular flexibility index (Phi) is 8.68. The van der Waals surface area contributed by atoms with Crippen molar-refractivity contribution < 1.29 is 9.47 Å². The molecule has 0 saturated carbocycles. The largest absolute Gasteiger partial charge is 0.497 e. The number of guanidine groups is 1. The van der Waals surface area contributed by atoms with Gasteiger partial charge in [-0.1, -0.05) is 0 Å². The summed E-state index contributed by atoms with van der Waals surface area (Å²) in [6.07, 6.45) is 2.77. The second-order valence-electron chi connectivity index (χ2n) is 6.42. The highest BCUT2D eigenvalue weighted by atomic mass is 127. The van der Waals surface area contributed by atoms with Gasteiger partial charge in [0, 0.05) is 55.8 Å². The molecule has 1 unspecified atom stereocenters. The van der Waals surface area contributed by atoms with Crippen molar-refractivity contribution in [1.82, 2.24) is 20.8 Å². The molecule has 154 valence electrons. The minimum absolute atomic E-state index is 0. The first-order valence-corrected chi connectivity index (χ1v) is 9.23. The van der Waals surface area contributed by atoms with E-state index in [9.17, 15) is 0 Å². The van der Waals surface area contributed by atoms with Gasteiger partial charge in [-0.2, -0.15) is 5.10 Å². The van der Waals surface area contributed by atoms with E-state index in [1.54, 1.807) is 20.4 Å². The number of anilines is 1. The Morgan fingerprint density at radius 3 is 2.64 bits per heavy atom. The van der Waals surface area contributed by atoms with Crippen molar-refractivity contribution in [1.29, 1.82) is 0 Å². The van der Waals surface area contributed by atoms with Gasteiger partial charge in [0.1, 0.15) is 11.5 Å². The highest BCUT2D eigenvalue weighted by Crippen LogP contribution is 2.30. The average molecular weight is 500 g/mol. The summed E-state index contributed by atoms with van der Waals surface area (Å²) >= 11 is 0. The third-order valence-corrected chi connectivity index (χ3v) is 4.54. The maximum Gasteiger partial charge on any atom is 0.191 e. The lowest BCUT2D eigenvalue weighted by Crippen LogP contribution is -2.44. The van der Waals surface area contributed by atoms with E-state index < -0.39 is 0 Å². The Morgan fingerprint density at radius 2 is 2.04 bits per heavy atom. The number of hydrogen-bond donors (Lipinski definition) is 3. The summed E-state index contributed by atoms with van der Waals surface area (Å²) in [5, 5.41) is 13.7. The number of H-pyrrole nitrogens is 1. The molecule has 3 N–H and O–H groups in total. The highest BCUT2D eigenvalue weighted by molar-refractivity contribution is 14.0. The van der Waals surface area contributed by atoms with Crippen LogP contribution >= 0.6 is 24.0 Å². The lowest BCUT2D eigenvalue weighted by molar-refractivity contribution is 0.394. The fourth-order valence-corrected chi connectivity index (χ4v) is 3.14. The number of aromatic nitrogens is 2. The van der Waals surface area contributed by atoms with Crippen molar-refractivity contribution in [2.24, 2.45) is 4.99 Å². The number of benzene rings is 1. The molecular formula is C19H29IN6O2. The quantitative estimate of drug-likeness (QED) is 0.308. The molecule has 2 heterocycles. The van der Waals surface area contributed by atoms with Gasteiger partial charge >= 0.3 is 0 Å². The van der Waals surface area contributed by atoms with Crippen LogP contribution in [0.15, 0.2) is 35.5 Å². The number of ether oxygens (including phenoxy) is 2. The Labute approximate surface area is 183 Å². The topological polar surface area (TPSA) is 86.8 Å². The second-order valence-corrected chi connectivity index (χ2v) is 6.42. The summed E-state index contributed by atoms with van der Waals surface area (Å²) < 4.78 is 10.8. The fourth-order valence-electron chi connectivity index (χ4n) is 3.14. The van der Waals surface area contributed by atoms with Crippen LogP contribution in [0.5, 0.6) is 11.5 Å². The van der Waals surface area contributed by atoms with Crippen LogP contribution in [0.2, 0.25) is 0 Å². The van der Waals surface area contributed by atoms with Crippen molar-refractivity contribution in [3.8, 4) is 11.5 Å². The van der Waals surface area contributed by atoms with Crippen LogP contribution in [0.4, 0.5) is 5.69 Å². The normalized spacial score (nSPS) is 16.5. The first-order valence-electron chi connectivity index (χ1n) is 9.23. The Bertz CT molecular complexity index is 731.